The molecule has 0 saturated carbocycles. The standard InChI is InChI=1S/C30H32F2N4O4/c1-30(2,3)40-29(37)34-21-10-12-36(13-11-21)26-16-25(39-5)27(18-8-9-24(38-4)23(32)14-18)28(35-26)19-6-7-20(17-33)22(31)15-19/h6-9,14-16,21H,10-13H2,1-5H3,(H,34,37). The lowest BCUT2D eigenvalue weighted by Gasteiger charge is -2.34. The second kappa shape index (κ2) is 11.8. The SMILES string of the molecule is COc1ccc(-c2c(OC)cc(N3CCC(NC(=O)OC(C)(C)C)CC3)nc2-c2ccc(C#N)c(F)c2)cc1F. The minimum absolute atomic E-state index is 0.0540. The van der Waals surface area contributed by atoms with Crippen LogP contribution in [0.4, 0.5) is 19.4 Å². The lowest BCUT2D eigenvalue weighted by molar-refractivity contribution is 0.0497. The van der Waals surface area contributed by atoms with Gasteiger partial charge in [-0.3, -0.25) is 0 Å². The van der Waals surface area contributed by atoms with E-state index < -0.39 is 23.3 Å². The second-order valence-corrected chi connectivity index (χ2v) is 10.5. The number of carbonyl (C=O) groups excluding carboxylic acids is 1. The molecule has 1 saturated heterocycles. The van der Waals surface area contributed by atoms with Crippen LogP contribution in [0, 0.1) is 23.0 Å². The zero-order valence-corrected chi connectivity index (χ0v) is 23.2. The molecule has 4 rings (SSSR count). The second-order valence-electron chi connectivity index (χ2n) is 10.5. The Bertz CT molecular complexity index is 1440. The zero-order chi connectivity index (χ0) is 29.0. The summed E-state index contributed by atoms with van der Waals surface area (Å²) in [6.45, 7) is 6.63. The molecule has 2 heterocycles. The average molecular weight is 551 g/mol. The van der Waals surface area contributed by atoms with E-state index in [1.165, 1.54) is 38.5 Å². The number of nitriles is 1. The quantitative estimate of drug-likeness (QED) is 0.398. The minimum Gasteiger partial charge on any atom is -0.496 e. The molecular weight excluding hydrogens is 518 g/mol. The molecule has 3 aromatic rings. The van der Waals surface area contributed by atoms with Gasteiger partial charge in [0.05, 0.1) is 31.0 Å². The summed E-state index contributed by atoms with van der Waals surface area (Å²) in [6, 6.07) is 12.3. The number of pyridine rings is 1. The van der Waals surface area contributed by atoms with E-state index in [9.17, 15) is 18.8 Å². The Morgan fingerprint density at radius 3 is 2.23 bits per heavy atom. The van der Waals surface area contributed by atoms with Gasteiger partial charge in [0, 0.05) is 30.8 Å². The largest absolute Gasteiger partial charge is 0.496 e. The maximum atomic E-state index is 14.7. The molecule has 0 unspecified atom stereocenters. The van der Waals surface area contributed by atoms with E-state index in [1.807, 2.05) is 26.8 Å². The monoisotopic (exact) mass is 550 g/mol. The van der Waals surface area contributed by atoms with E-state index in [2.05, 4.69) is 10.2 Å². The molecule has 8 nitrogen and oxygen atoms in total. The summed E-state index contributed by atoms with van der Waals surface area (Å²) >= 11 is 0. The van der Waals surface area contributed by atoms with Gasteiger partial charge in [0.25, 0.3) is 0 Å². The van der Waals surface area contributed by atoms with Crippen molar-refractivity contribution in [2.24, 2.45) is 0 Å². The van der Waals surface area contributed by atoms with E-state index in [0.717, 1.165) is 0 Å². The van der Waals surface area contributed by atoms with Crippen molar-refractivity contribution in [2.45, 2.75) is 45.3 Å². The van der Waals surface area contributed by atoms with E-state index in [1.54, 1.807) is 18.2 Å². The van der Waals surface area contributed by atoms with Crippen LogP contribution in [0.2, 0.25) is 0 Å². The molecule has 0 aliphatic carbocycles. The van der Waals surface area contributed by atoms with Crippen LogP contribution >= 0.6 is 0 Å². The molecular formula is C30H32F2N4O4. The molecule has 1 aliphatic heterocycles. The summed E-state index contributed by atoms with van der Waals surface area (Å²) in [6.07, 6.45) is 0.873. The fraction of sp³-hybridized carbons (Fsp3) is 0.367. The number of methoxy groups -OCH3 is 2. The van der Waals surface area contributed by atoms with Crippen LogP contribution in [-0.4, -0.2) is 50.0 Å². The highest BCUT2D eigenvalue weighted by Crippen LogP contribution is 2.42. The summed E-state index contributed by atoms with van der Waals surface area (Å²) in [5.74, 6) is -0.163. The summed E-state index contributed by atoms with van der Waals surface area (Å²) in [5.41, 5.74) is 1.04. The number of amides is 1. The highest BCUT2D eigenvalue weighted by atomic mass is 19.1. The van der Waals surface area contributed by atoms with Crippen molar-refractivity contribution in [3.63, 3.8) is 0 Å². The van der Waals surface area contributed by atoms with Crippen LogP contribution in [0.1, 0.15) is 39.2 Å². The molecule has 1 aliphatic rings. The first kappa shape index (κ1) is 28.6. The molecule has 0 atom stereocenters. The van der Waals surface area contributed by atoms with E-state index >= 15 is 0 Å². The van der Waals surface area contributed by atoms with Crippen LogP contribution in [0.3, 0.4) is 0 Å². The number of benzene rings is 2. The van der Waals surface area contributed by atoms with Crippen LogP contribution < -0.4 is 19.7 Å². The van der Waals surface area contributed by atoms with Gasteiger partial charge < -0.3 is 24.4 Å². The Kier molecular flexibility index (Phi) is 8.43. The molecule has 0 spiro atoms. The lowest BCUT2D eigenvalue weighted by Crippen LogP contribution is -2.46. The molecule has 1 N–H and O–H groups in total. The van der Waals surface area contributed by atoms with Gasteiger partial charge in [0.1, 0.15) is 29.1 Å². The maximum Gasteiger partial charge on any atom is 0.407 e. The maximum absolute atomic E-state index is 14.7. The number of nitrogens with zero attached hydrogens (tertiary/aromatic N) is 3. The van der Waals surface area contributed by atoms with Gasteiger partial charge in [0.2, 0.25) is 0 Å². The summed E-state index contributed by atoms with van der Waals surface area (Å²) in [7, 11) is 2.88. The van der Waals surface area contributed by atoms with Gasteiger partial charge in [-0.1, -0.05) is 12.1 Å². The van der Waals surface area contributed by atoms with E-state index in [-0.39, 0.29) is 17.4 Å². The molecule has 0 radical (unpaired) electrons. The van der Waals surface area contributed by atoms with Crippen molar-refractivity contribution in [1.82, 2.24) is 10.3 Å². The van der Waals surface area contributed by atoms with E-state index in [4.69, 9.17) is 19.2 Å². The molecule has 40 heavy (non-hydrogen) atoms. The predicted octanol–water partition coefficient (Wildman–Crippen LogP) is 6.08. The zero-order valence-electron chi connectivity index (χ0n) is 23.2. The van der Waals surface area contributed by atoms with Crippen molar-refractivity contribution in [1.29, 1.82) is 5.26 Å². The van der Waals surface area contributed by atoms with Crippen LogP contribution in [0.5, 0.6) is 11.5 Å². The van der Waals surface area contributed by atoms with Gasteiger partial charge in [-0.05, 0) is 63.4 Å². The fourth-order valence-corrected chi connectivity index (χ4v) is 4.62. The van der Waals surface area contributed by atoms with Crippen molar-refractivity contribution in [2.75, 3.05) is 32.2 Å². The number of aromatic nitrogens is 1. The number of anilines is 1. The number of hydrogen-bond acceptors (Lipinski definition) is 7. The number of piperidine rings is 1. The third-order valence-electron chi connectivity index (χ3n) is 6.53. The number of hydrogen-bond donors (Lipinski definition) is 1. The van der Waals surface area contributed by atoms with Crippen molar-refractivity contribution in [3.8, 4) is 40.0 Å². The number of nitrogens with one attached hydrogen (secondary N) is 1. The molecule has 1 amide bonds. The highest BCUT2D eigenvalue weighted by Gasteiger charge is 2.27. The number of alkyl carbamates (subject to hydrolysis) is 1. The Labute approximate surface area is 232 Å². The van der Waals surface area contributed by atoms with E-state index in [0.29, 0.717) is 59.9 Å². The van der Waals surface area contributed by atoms with Crippen LogP contribution in [-0.2, 0) is 4.74 Å². The molecule has 2 aromatic carbocycles. The number of ether oxygens (including phenoxy) is 3. The lowest BCUT2D eigenvalue weighted by atomic mass is 9.96. The first-order valence-electron chi connectivity index (χ1n) is 12.9. The summed E-state index contributed by atoms with van der Waals surface area (Å²) in [4.78, 5) is 19.2. The Morgan fingerprint density at radius 2 is 1.65 bits per heavy atom. The third kappa shape index (κ3) is 6.42. The highest BCUT2D eigenvalue weighted by molar-refractivity contribution is 5.87. The summed E-state index contributed by atoms with van der Waals surface area (Å²) in [5, 5.41) is 12.1. The third-order valence-corrected chi connectivity index (χ3v) is 6.53. The Balaban J connectivity index is 1.71. The Hall–Kier alpha value is -4.39. The van der Waals surface area contributed by atoms with Crippen molar-refractivity contribution in [3.05, 3.63) is 59.7 Å². The molecule has 10 heteroatoms. The fourth-order valence-electron chi connectivity index (χ4n) is 4.62. The average Bonchev–Trinajstić information content (AvgIpc) is 2.91. The molecule has 1 fully saturated rings. The first-order chi connectivity index (χ1) is 19.0. The van der Waals surface area contributed by atoms with Gasteiger partial charge >= 0.3 is 6.09 Å². The topological polar surface area (TPSA) is 96.7 Å². The number of rotatable bonds is 6. The Morgan fingerprint density at radius 1 is 1.00 bits per heavy atom. The van der Waals surface area contributed by atoms with Crippen molar-refractivity contribution >= 4 is 11.9 Å². The number of carbonyl (C=O) groups is 1. The van der Waals surface area contributed by atoms with Gasteiger partial charge in [-0.25, -0.2) is 18.6 Å². The van der Waals surface area contributed by atoms with Gasteiger partial charge in [-0.2, -0.15) is 5.26 Å². The van der Waals surface area contributed by atoms with Gasteiger partial charge in [-0.15, -0.1) is 0 Å². The molecule has 210 valence electrons. The molecule has 1 aromatic heterocycles. The van der Waals surface area contributed by atoms with Gasteiger partial charge in [0.15, 0.2) is 11.6 Å². The number of halogens is 2. The smallest absolute Gasteiger partial charge is 0.407 e. The molecule has 0 bridgehead atoms. The van der Waals surface area contributed by atoms with Crippen molar-refractivity contribution < 1.29 is 27.8 Å². The summed E-state index contributed by atoms with van der Waals surface area (Å²) < 4.78 is 45.6. The van der Waals surface area contributed by atoms with Crippen LogP contribution in [0.15, 0.2) is 42.5 Å². The first-order valence-corrected chi connectivity index (χ1v) is 12.9. The predicted molar refractivity (Wildman–Crippen MR) is 147 cm³/mol. The van der Waals surface area contributed by atoms with Crippen LogP contribution in [0.25, 0.3) is 22.4 Å². The normalized spacial score (nSPS) is 13.9. The minimum atomic E-state index is -0.688.